The van der Waals surface area contributed by atoms with Gasteiger partial charge in [-0.1, -0.05) is 11.3 Å². The average molecular weight is 256 g/mol. The lowest BCUT2D eigenvalue weighted by atomic mass is 10.1. The molecule has 3 aromatic heterocycles. The van der Waals surface area contributed by atoms with Gasteiger partial charge in [0, 0.05) is 6.92 Å². The van der Waals surface area contributed by atoms with Gasteiger partial charge in [0.2, 0.25) is 0 Å². The van der Waals surface area contributed by atoms with Crippen LogP contribution in [0.25, 0.3) is 20.9 Å². The lowest BCUT2D eigenvalue weighted by Gasteiger charge is -1.96. The number of fused-ring (bicyclic) bond motifs is 1. The molecule has 3 aromatic rings. The topological polar surface area (TPSA) is 77.1 Å². The maximum Gasteiger partial charge on any atom is 0.270 e. The van der Waals surface area contributed by atoms with Gasteiger partial charge in [-0.15, -0.1) is 0 Å². The molecule has 0 saturated carbocycles. The molecule has 3 N–H and O–H groups in total. The average Bonchev–Trinajstić information content (AvgIpc) is 2.96. The van der Waals surface area contributed by atoms with Crippen LogP contribution in [0.2, 0.25) is 0 Å². The van der Waals surface area contributed by atoms with E-state index in [9.17, 15) is 0 Å². The Kier molecular flexibility index (Phi) is 2.32. The van der Waals surface area contributed by atoms with Gasteiger partial charge in [-0.25, -0.2) is 0 Å². The van der Waals surface area contributed by atoms with Gasteiger partial charge in [-0.2, -0.15) is 10.2 Å². The van der Waals surface area contributed by atoms with Crippen molar-refractivity contribution >= 4 is 27.2 Å². The predicted octanol–water partition coefficient (Wildman–Crippen LogP) is 2.74. The maximum atomic E-state index is 9.08. The standard InChI is InChI=1S/C13H9N3OS/c1-7-9(6-14)12(15)8-5-11(18-13(8)16-7)10-3-2-4-17-10/h2-5H,1H3,(H2,15,16)/p+1. The van der Waals surface area contributed by atoms with E-state index in [4.69, 9.17) is 15.4 Å². The van der Waals surface area contributed by atoms with Crippen LogP contribution < -0.4 is 10.7 Å². The summed E-state index contributed by atoms with van der Waals surface area (Å²) in [6.45, 7) is 1.85. The number of H-pyrrole nitrogens is 1. The minimum absolute atomic E-state index is 0.506. The molecule has 0 aromatic carbocycles. The number of rotatable bonds is 1. The highest BCUT2D eigenvalue weighted by Gasteiger charge is 2.19. The molecule has 5 heteroatoms. The van der Waals surface area contributed by atoms with E-state index in [0.717, 1.165) is 26.5 Å². The summed E-state index contributed by atoms with van der Waals surface area (Å²) in [5.41, 5.74) is 7.85. The fourth-order valence-electron chi connectivity index (χ4n) is 1.94. The van der Waals surface area contributed by atoms with E-state index >= 15 is 0 Å². The van der Waals surface area contributed by atoms with Gasteiger partial charge in [-0.05, 0) is 18.2 Å². The molecule has 4 nitrogen and oxygen atoms in total. The number of furan rings is 1. The second-order valence-corrected chi connectivity index (χ2v) is 5.03. The van der Waals surface area contributed by atoms with Crippen molar-refractivity contribution in [2.75, 3.05) is 5.73 Å². The zero-order valence-corrected chi connectivity index (χ0v) is 10.5. The van der Waals surface area contributed by atoms with E-state index in [1.807, 2.05) is 25.1 Å². The molecule has 0 fully saturated rings. The third kappa shape index (κ3) is 1.47. The summed E-state index contributed by atoms with van der Waals surface area (Å²) < 4.78 is 5.37. The predicted molar refractivity (Wildman–Crippen MR) is 69.9 cm³/mol. The number of thiophene rings is 1. The number of aryl methyl sites for hydroxylation is 1. The first-order chi connectivity index (χ1) is 8.70. The number of anilines is 1. The minimum Gasteiger partial charge on any atom is -0.464 e. The minimum atomic E-state index is 0.506. The molecule has 3 heterocycles. The van der Waals surface area contributed by atoms with Crippen molar-refractivity contribution in [2.45, 2.75) is 6.92 Å². The van der Waals surface area contributed by atoms with Crippen LogP contribution in [0.5, 0.6) is 0 Å². The Morgan fingerprint density at radius 2 is 2.33 bits per heavy atom. The summed E-state index contributed by atoms with van der Waals surface area (Å²) >= 11 is 1.56. The van der Waals surface area contributed by atoms with E-state index in [0.29, 0.717) is 11.3 Å². The molecule has 3 rings (SSSR count). The third-order valence-electron chi connectivity index (χ3n) is 2.84. The zero-order valence-electron chi connectivity index (χ0n) is 9.65. The molecule has 0 atom stereocenters. The SMILES string of the molecule is Cc1[nH+]c2sc(-c3ccco3)cc2c(N)c1C#N. The van der Waals surface area contributed by atoms with Crippen LogP contribution in [0, 0.1) is 18.3 Å². The van der Waals surface area contributed by atoms with E-state index in [2.05, 4.69) is 11.1 Å². The van der Waals surface area contributed by atoms with Crippen LogP contribution in [0.15, 0.2) is 28.9 Å². The Labute approximate surface area is 107 Å². The number of nitrogen functional groups attached to an aromatic ring is 1. The van der Waals surface area contributed by atoms with Gasteiger partial charge in [-0.3, -0.25) is 0 Å². The number of pyridine rings is 1. The summed E-state index contributed by atoms with van der Waals surface area (Å²) in [5.74, 6) is 0.806. The second-order valence-electron chi connectivity index (χ2n) is 3.98. The Morgan fingerprint density at radius 1 is 1.50 bits per heavy atom. The van der Waals surface area contributed by atoms with E-state index in [1.54, 1.807) is 17.6 Å². The van der Waals surface area contributed by atoms with Gasteiger partial charge in [0.15, 0.2) is 5.69 Å². The first-order valence-electron chi connectivity index (χ1n) is 5.39. The highest BCUT2D eigenvalue weighted by molar-refractivity contribution is 7.21. The van der Waals surface area contributed by atoms with Gasteiger partial charge in [0.1, 0.15) is 17.4 Å². The van der Waals surface area contributed by atoms with Crippen molar-refractivity contribution in [2.24, 2.45) is 0 Å². The molecule has 18 heavy (non-hydrogen) atoms. The smallest absolute Gasteiger partial charge is 0.270 e. The number of nitrogens with two attached hydrogens (primary N) is 1. The maximum absolute atomic E-state index is 9.08. The first kappa shape index (κ1) is 10.8. The molecule has 0 saturated heterocycles. The number of nitrogens with one attached hydrogen (secondary N) is 1. The van der Waals surface area contributed by atoms with E-state index in [-0.39, 0.29) is 0 Å². The largest absolute Gasteiger partial charge is 0.464 e. The van der Waals surface area contributed by atoms with Crippen LogP contribution in [-0.2, 0) is 0 Å². The highest BCUT2D eigenvalue weighted by Crippen LogP contribution is 2.35. The summed E-state index contributed by atoms with van der Waals surface area (Å²) in [5, 5.41) is 9.95. The summed E-state index contributed by atoms with van der Waals surface area (Å²) in [6.07, 6.45) is 1.64. The lowest BCUT2D eigenvalue weighted by Crippen LogP contribution is -2.11. The summed E-state index contributed by atoms with van der Waals surface area (Å²) in [7, 11) is 0. The quantitative estimate of drug-likeness (QED) is 0.727. The molecule has 0 amide bonds. The Bertz CT molecular complexity index is 766. The molecule has 0 spiro atoms. The first-order valence-corrected chi connectivity index (χ1v) is 6.21. The van der Waals surface area contributed by atoms with Crippen molar-refractivity contribution in [3.63, 3.8) is 0 Å². The zero-order chi connectivity index (χ0) is 12.7. The number of aromatic nitrogens is 1. The van der Waals surface area contributed by atoms with Crippen molar-refractivity contribution in [3.05, 3.63) is 35.7 Å². The Hall–Kier alpha value is -2.32. The van der Waals surface area contributed by atoms with Gasteiger partial charge in [0.05, 0.1) is 22.2 Å². The molecule has 0 bridgehead atoms. The Morgan fingerprint density at radius 3 is 3.00 bits per heavy atom. The molecule has 0 aliphatic carbocycles. The van der Waals surface area contributed by atoms with Crippen LogP contribution in [0.4, 0.5) is 5.69 Å². The van der Waals surface area contributed by atoms with E-state index in [1.165, 1.54) is 0 Å². The number of hydrogen-bond acceptors (Lipinski definition) is 4. The number of nitriles is 1. The molecular formula is C13H10N3OS+. The van der Waals surface area contributed by atoms with Crippen LogP contribution in [0.3, 0.4) is 0 Å². The van der Waals surface area contributed by atoms with Gasteiger partial charge < -0.3 is 10.2 Å². The number of aromatic amines is 1. The van der Waals surface area contributed by atoms with Crippen molar-refractivity contribution in [1.29, 1.82) is 5.26 Å². The fraction of sp³-hybridized carbons (Fsp3) is 0.0769. The van der Waals surface area contributed by atoms with Crippen molar-refractivity contribution < 1.29 is 9.40 Å². The molecular weight excluding hydrogens is 246 g/mol. The van der Waals surface area contributed by atoms with Crippen molar-refractivity contribution in [1.82, 2.24) is 0 Å². The molecule has 88 valence electrons. The number of hydrogen-bond donors (Lipinski definition) is 1. The van der Waals surface area contributed by atoms with Crippen molar-refractivity contribution in [3.8, 4) is 16.7 Å². The molecule has 0 unspecified atom stereocenters. The van der Waals surface area contributed by atoms with Gasteiger partial charge in [0.25, 0.3) is 4.83 Å². The lowest BCUT2D eigenvalue weighted by molar-refractivity contribution is -0.351. The number of nitrogens with zero attached hydrogens (tertiary/aromatic N) is 1. The van der Waals surface area contributed by atoms with Crippen LogP contribution in [-0.4, -0.2) is 0 Å². The fourth-order valence-corrected chi connectivity index (χ4v) is 3.03. The molecule has 0 radical (unpaired) electrons. The molecule has 0 aliphatic heterocycles. The Balaban J connectivity index is 2.31. The van der Waals surface area contributed by atoms with Gasteiger partial charge >= 0.3 is 0 Å². The normalized spacial score (nSPS) is 10.7. The molecule has 0 aliphatic rings. The van der Waals surface area contributed by atoms with E-state index < -0.39 is 0 Å². The third-order valence-corrected chi connectivity index (χ3v) is 3.91. The monoisotopic (exact) mass is 256 g/mol. The summed E-state index contributed by atoms with van der Waals surface area (Å²) in [6, 6.07) is 7.82. The summed E-state index contributed by atoms with van der Waals surface area (Å²) in [4.78, 5) is 5.15. The van der Waals surface area contributed by atoms with Crippen LogP contribution in [0.1, 0.15) is 11.3 Å². The highest BCUT2D eigenvalue weighted by atomic mass is 32.1. The second kappa shape index (κ2) is 3.86. The van der Waals surface area contributed by atoms with Crippen LogP contribution >= 0.6 is 11.3 Å².